The molecule has 0 aromatic carbocycles. The van der Waals surface area contributed by atoms with Crippen LogP contribution in [0.1, 0.15) is 35.6 Å². The third-order valence-corrected chi connectivity index (χ3v) is 3.55. The van der Waals surface area contributed by atoms with E-state index in [1.165, 1.54) is 25.7 Å². The van der Waals surface area contributed by atoms with Gasteiger partial charge >= 0.3 is 0 Å². The first-order valence-electron chi connectivity index (χ1n) is 5.27. The predicted molar refractivity (Wildman–Crippen MR) is 63.0 cm³/mol. The molecular weight excluding hydrogens is 208 g/mol. The Kier molecular flexibility index (Phi) is 3.33. The number of nitrogens with one attached hydrogen (secondary N) is 1. The minimum Gasteiger partial charge on any atom is -0.308 e. The highest BCUT2D eigenvalue weighted by Gasteiger charge is 2.15. The maximum absolute atomic E-state index is 5.49. The Balaban J connectivity index is 2.15. The quantitative estimate of drug-likeness (QED) is 0.347. The fourth-order valence-electron chi connectivity index (χ4n) is 1.86. The molecule has 15 heavy (non-hydrogen) atoms. The van der Waals surface area contributed by atoms with Crippen LogP contribution in [0.4, 0.5) is 0 Å². The number of thiazole rings is 1. The molecule has 1 aliphatic rings. The summed E-state index contributed by atoms with van der Waals surface area (Å²) in [6.45, 7) is 1.98. The van der Waals surface area contributed by atoms with Crippen molar-refractivity contribution in [1.82, 2.24) is 10.4 Å². The zero-order valence-electron chi connectivity index (χ0n) is 8.86. The number of rotatable bonds is 2. The summed E-state index contributed by atoms with van der Waals surface area (Å²) in [4.78, 5) is 9.86. The van der Waals surface area contributed by atoms with Crippen LogP contribution in [0.25, 0.3) is 0 Å². The van der Waals surface area contributed by atoms with Gasteiger partial charge in [-0.05, 0) is 19.8 Å². The number of amidine groups is 1. The van der Waals surface area contributed by atoms with Crippen molar-refractivity contribution < 1.29 is 0 Å². The fourth-order valence-corrected chi connectivity index (χ4v) is 2.60. The van der Waals surface area contributed by atoms with Gasteiger partial charge in [0, 0.05) is 6.20 Å². The lowest BCUT2D eigenvalue weighted by molar-refractivity contribution is 0.701. The van der Waals surface area contributed by atoms with Gasteiger partial charge in [-0.2, -0.15) is 0 Å². The Bertz CT molecular complexity index is 352. The van der Waals surface area contributed by atoms with E-state index in [9.17, 15) is 0 Å². The van der Waals surface area contributed by atoms with Crippen LogP contribution in [-0.4, -0.2) is 16.9 Å². The molecule has 0 atom stereocenters. The molecule has 0 saturated heterocycles. The van der Waals surface area contributed by atoms with Crippen molar-refractivity contribution in [2.75, 3.05) is 0 Å². The number of aryl methyl sites for hydroxylation is 1. The van der Waals surface area contributed by atoms with Crippen LogP contribution >= 0.6 is 11.3 Å². The van der Waals surface area contributed by atoms with Crippen LogP contribution in [0.5, 0.6) is 0 Å². The van der Waals surface area contributed by atoms with Gasteiger partial charge < -0.3 is 5.43 Å². The SMILES string of the molecule is Cc1ncc(C(=NC2CCCC2)NN)s1. The molecule has 0 bridgehead atoms. The Hall–Kier alpha value is -0.940. The van der Waals surface area contributed by atoms with Gasteiger partial charge in [0.25, 0.3) is 0 Å². The van der Waals surface area contributed by atoms with Gasteiger partial charge in [0.05, 0.1) is 15.9 Å². The Morgan fingerprint density at radius 3 is 2.87 bits per heavy atom. The van der Waals surface area contributed by atoms with E-state index in [0.29, 0.717) is 6.04 Å². The molecule has 4 nitrogen and oxygen atoms in total. The number of aromatic nitrogens is 1. The third-order valence-electron chi connectivity index (χ3n) is 2.63. The first-order valence-corrected chi connectivity index (χ1v) is 6.08. The van der Waals surface area contributed by atoms with Crippen molar-refractivity contribution in [3.63, 3.8) is 0 Å². The van der Waals surface area contributed by atoms with E-state index < -0.39 is 0 Å². The lowest BCUT2D eigenvalue weighted by Gasteiger charge is -2.06. The number of hydrogen-bond acceptors (Lipinski definition) is 4. The van der Waals surface area contributed by atoms with Crippen LogP contribution in [0, 0.1) is 6.92 Å². The maximum atomic E-state index is 5.49. The smallest absolute Gasteiger partial charge is 0.154 e. The zero-order chi connectivity index (χ0) is 10.7. The number of nitrogens with two attached hydrogens (primary N) is 1. The summed E-state index contributed by atoms with van der Waals surface area (Å²) >= 11 is 1.62. The van der Waals surface area contributed by atoms with E-state index in [1.54, 1.807) is 11.3 Å². The predicted octanol–water partition coefficient (Wildman–Crippen LogP) is 1.60. The number of nitrogens with zero attached hydrogens (tertiary/aromatic N) is 2. The molecule has 1 aromatic rings. The number of aliphatic imine (C=N–C) groups is 1. The molecule has 0 unspecified atom stereocenters. The van der Waals surface area contributed by atoms with Crippen LogP contribution < -0.4 is 11.3 Å². The van der Waals surface area contributed by atoms with Crippen LogP contribution in [-0.2, 0) is 0 Å². The topological polar surface area (TPSA) is 63.3 Å². The lowest BCUT2D eigenvalue weighted by Crippen LogP contribution is -2.31. The first kappa shape index (κ1) is 10.6. The summed E-state index contributed by atoms with van der Waals surface area (Å²) in [5.41, 5.74) is 2.68. The van der Waals surface area contributed by atoms with E-state index >= 15 is 0 Å². The molecule has 1 aliphatic carbocycles. The second kappa shape index (κ2) is 4.72. The molecule has 3 N–H and O–H groups in total. The highest BCUT2D eigenvalue weighted by atomic mass is 32.1. The molecule has 1 heterocycles. The summed E-state index contributed by atoms with van der Waals surface area (Å²) in [5, 5.41) is 1.04. The average Bonchev–Trinajstić information content (AvgIpc) is 2.85. The molecule has 2 rings (SSSR count). The maximum Gasteiger partial charge on any atom is 0.154 e. The van der Waals surface area contributed by atoms with Crippen molar-refractivity contribution in [3.05, 3.63) is 16.1 Å². The fraction of sp³-hybridized carbons (Fsp3) is 0.600. The summed E-state index contributed by atoms with van der Waals surface area (Å²) in [7, 11) is 0. The van der Waals surface area contributed by atoms with E-state index in [-0.39, 0.29) is 0 Å². The van der Waals surface area contributed by atoms with Gasteiger partial charge in [-0.3, -0.25) is 4.99 Å². The Labute approximate surface area is 93.6 Å². The van der Waals surface area contributed by atoms with Gasteiger partial charge in [0.15, 0.2) is 5.84 Å². The first-order chi connectivity index (χ1) is 7.29. The largest absolute Gasteiger partial charge is 0.308 e. The Morgan fingerprint density at radius 2 is 2.33 bits per heavy atom. The molecule has 5 heteroatoms. The molecule has 0 spiro atoms. The van der Waals surface area contributed by atoms with Crippen LogP contribution in [0.2, 0.25) is 0 Å². The molecule has 82 valence electrons. The van der Waals surface area contributed by atoms with E-state index in [2.05, 4.69) is 15.4 Å². The average molecular weight is 224 g/mol. The molecule has 1 saturated carbocycles. The molecule has 0 aliphatic heterocycles. The van der Waals surface area contributed by atoms with E-state index in [4.69, 9.17) is 5.84 Å². The molecule has 1 aromatic heterocycles. The minimum absolute atomic E-state index is 0.443. The Morgan fingerprint density at radius 1 is 1.60 bits per heavy atom. The molecular formula is C10H16N4S. The summed E-state index contributed by atoms with van der Waals surface area (Å²) < 4.78 is 0. The van der Waals surface area contributed by atoms with E-state index in [0.717, 1.165) is 15.7 Å². The van der Waals surface area contributed by atoms with Crippen LogP contribution in [0.3, 0.4) is 0 Å². The van der Waals surface area contributed by atoms with E-state index in [1.807, 2.05) is 13.1 Å². The minimum atomic E-state index is 0.443. The summed E-state index contributed by atoms with van der Waals surface area (Å²) in [6, 6.07) is 0.443. The van der Waals surface area contributed by atoms with Gasteiger partial charge in [0.1, 0.15) is 0 Å². The normalized spacial score (nSPS) is 18.4. The molecule has 0 amide bonds. The van der Waals surface area contributed by atoms with Gasteiger partial charge in [-0.25, -0.2) is 10.8 Å². The lowest BCUT2D eigenvalue weighted by atomic mass is 10.3. The zero-order valence-corrected chi connectivity index (χ0v) is 9.68. The highest BCUT2D eigenvalue weighted by Crippen LogP contribution is 2.22. The van der Waals surface area contributed by atoms with Gasteiger partial charge in [0.2, 0.25) is 0 Å². The van der Waals surface area contributed by atoms with Crippen molar-refractivity contribution in [1.29, 1.82) is 0 Å². The summed E-state index contributed by atoms with van der Waals surface area (Å²) in [6.07, 6.45) is 6.76. The number of hydrazine groups is 1. The van der Waals surface area contributed by atoms with Gasteiger partial charge in [-0.15, -0.1) is 11.3 Å². The number of hydrogen-bond donors (Lipinski definition) is 2. The van der Waals surface area contributed by atoms with Crippen molar-refractivity contribution >= 4 is 17.2 Å². The molecule has 1 fully saturated rings. The van der Waals surface area contributed by atoms with Crippen molar-refractivity contribution in [3.8, 4) is 0 Å². The standard InChI is InChI=1S/C10H16N4S/c1-7-12-6-9(15-7)10(14-11)13-8-4-2-3-5-8/h6,8H,2-5,11H2,1H3,(H,13,14). The summed E-state index contributed by atoms with van der Waals surface area (Å²) in [5.74, 6) is 6.27. The second-order valence-electron chi connectivity index (χ2n) is 3.80. The second-order valence-corrected chi connectivity index (χ2v) is 5.04. The van der Waals surface area contributed by atoms with Crippen LogP contribution in [0.15, 0.2) is 11.2 Å². The third kappa shape index (κ3) is 2.54. The van der Waals surface area contributed by atoms with Crippen molar-refractivity contribution in [2.45, 2.75) is 38.6 Å². The monoisotopic (exact) mass is 224 g/mol. The van der Waals surface area contributed by atoms with Crippen molar-refractivity contribution in [2.24, 2.45) is 10.8 Å². The highest BCUT2D eigenvalue weighted by molar-refractivity contribution is 7.13. The molecule has 0 radical (unpaired) electrons. The van der Waals surface area contributed by atoms with Gasteiger partial charge in [-0.1, -0.05) is 12.8 Å².